The molecule has 1 unspecified atom stereocenters. The Hall–Kier alpha value is -1.43. The van der Waals surface area contributed by atoms with Crippen LogP contribution in [0.15, 0.2) is 29.3 Å². The second-order valence-electron chi connectivity index (χ2n) is 8.17. The Morgan fingerprint density at radius 1 is 1.15 bits per heavy atom. The van der Waals surface area contributed by atoms with Crippen molar-refractivity contribution >= 4 is 29.0 Å². The van der Waals surface area contributed by atoms with Crippen LogP contribution in [-0.4, -0.2) is 67.4 Å². The molecule has 1 aromatic rings. The predicted molar refractivity (Wildman–Crippen MR) is 113 cm³/mol. The molecular weight excluding hydrogens is 360 g/mol. The number of amidine groups is 1. The highest BCUT2D eigenvalue weighted by Gasteiger charge is 2.54. The Kier molecular flexibility index (Phi) is 6.24. The Balaban J connectivity index is 2.00. The van der Waals surface area contributed by atoms with E-state index in [-0.39, 0.29) is 11.9 Å². The molecule has 0 spiro atoms. The fraction of sp³-hybridized carbons (Fsp3) is 0.619. The van der Waals surface area contributed by atoms with Gasteiger partial charge in [-0.2, -0.15) is 0 Å². The number of hydrogen-bond donors (Lipinski definition) is 0. The zero-order valence-electron chi connectivity index (χ0n) is 16.9. The van der Waals surface area contributed by atoms with Crippen LogP contribution in [0, 0.1) is 5.41 Å². The number of unbranched alkanes of at least 4 members (excludes halogenated alkanes) is 1. The third-order valence-corrected chi connectivity index (χ3v) is 5.94. The summed E-state index contributed by atoms with van der Waals surface area (Å²) in [5.41, 5.74) is 0.338. The highest BCUT2D eigenvalue weighted by Crippen LogP contribution is 2.39. The standard InChI is InChI=1S/C21H31ClN4O/c1-5-6-11-23-19-18(25-14-12-24(4)13-15-25)21(2,3)20(27)26(19)17-9-7-16(22)8-10-17/h7-10,18H,5-6,11-15H2,1-4H3/b23-19+. The van der Waals surface area contributed by atoms with Gasteiger partial charge in [-0.3, -0.25) is 19.6 Å². The van der Waals surface area contributed by atoms with Gasteiger partial charge in [0, 0.05) is 37.7 Å². The Bertz CT molecular complexity index is 693. The molecule has 0 radical (unpaired) electrons. The van der Waals surface area contributed by atoms with Gasteiger partial charge in [0.1, 0.15) is 5.84 Å². The zero-order chi connectivity index (χ0) is 19.6. The van der Waals surface area contributed by atoms with Gasteiger partial charge in [-0.25, -0.2) is 0 Å². The quantitative estimate of drug-likeness (QED) is 0.722. The number of piperazine rings is 1. The van der Waals surface area contributed by atoms with Crippen LogP contribution < -0.4 is 4.90 Å². The lowest BCUT2D eigenvalue weighted by Gasteiger charge is -2.40. The van der Waals surface area contributed by atoms with Crippen molar-refractivity contribution in [1.82, 2.24) is 9.80 Å². The van der Waals surface area contributed by atoms with Gasteiger partial charge < -0.3 is 4.90 Å². The minimum Gasteiger partial charge on any atom is -0.304 e. The summed E-state index contributed by atoms with van der Waals surface area (Å²) in [4.78, 5) is 25.0. The van der Waals surface area contributed by atoms with Gasteiger partial charge >= 0.3 is 0 Å². The van der Waals surface area contributed by atoms with Crippen LogP contribution in [0.2, 0.25) is 5.02 Å². The van der Waals surface area contributed by atoms with E-state index in [0.29, 0.717) is 5.02 Å². The number of benzene rings is 1. The van der Waals surface area contributed by atoms with E-state index in [9.17, 15) is 4.79 Å². The van der Waals surface area contributed by atoms with Crippen molar-refractivity contribution in [1.29, 1.82) is 0 Å². The summed E-state index contributed by atoms with van der Waals surface area (Å²) in [6.07, 6.45) is 2.12. The second-order valence-corrected chi connectivity index (χ2v) is 8.61. The van der Waals surface area contributed by atoms with Crippen molar-refractivity contribution in [2.24, 2.45) is 10.4 Å². The number of anilines is 1. The van der Waals surface area contributed by atoms with E-state index in [1.165, 1.54) is 0 Å². The van der Waals surface area contributed by atoms with Crippen molar-refractivity contribution in [3.05, 3.63) is 29.3 Å². The molecule has 5 nitrogen and oxygen atoms in total. The number of halogens is 1. The van der Waals surface area contributed by atoms with Crippen LogP contribution in [0.1, 0.15) is 33.6 Å². The highest BCUT2D eigenvalue weighted by molar-refractivity contribution is 6.31. The summed E-state index contributed by atoms with van der Waals surface area (Å²) in [5, 5.41) is 0.671. The maximum Gasteiger partial charge on any atom is 0.240 e. The predicted octanol–water partition coefficient (Wildman–Crippen LogP) is 3.53. The molecule has 27 heavy (non-hydrogen) atoms. The summed E-state index contributed by atoms with van der Waals surface area (Å²) < 4.78 is 0. The summed E-state index contributed by atoms with van der Waals surface area (Å²) in [6.45, 7) is 11.0. The van der Waals surface area contributed by atoms with Crippen LogP contribution in [0.25, 0.3) is 0 Å². The summed E-state index contributed by atoms with van der Waals surface area (Å²) >= 11 is 6.07. The van der Waals surface area contributed by atoms with Crippen LogP contribution in [-0.2, 0) is 4.79 Å². The zero-order valence-corrected chi connectivity index (χ0v) is 17.7. The van der Waals surface area contributed by atoms with E-state index < -0.39 is 5.41 Å². The Morgan fingerprint density at radius 2 is 1.78 bits per heavy atom. The van der Waals surface area contributed by atoms with Crippen LogP contribution in [0.4, 0.5) is 5.69 Å². The molecule has 2 heterocycles. The normalized spacial score (nSPS) is 25.5. The van der Waals surface area contributed by atoms with Gasteiger partial charge in [-0.15, -0.1) is 0 Å². The molecule has 2 saturated heterocycles. The van der Waals surface area contributed by atoms with Crippen molar-refractivity contribution in [3.8, 4) is 0 Å². The molecule has 0 bridgehead atoms. The third kappa shape index (κ3) is 4.05. The lowest BCUT2D eigenvalue weighted by Crippen LogP contribution is -2.55. The molecule has 0 N–H and O–H groups in total. The number of likely N-dealkylation sites (N-methyl/N-ethyl adjacent to an activating group) is 1. The molecule has 2 aliphatic heterocycles. The highest BCUT2D eigenvalue weighted by atomic mass is 35.5. The lowest BCUT2D eigenvalue weighted by molar-refractivity contribution is -0.126. The van der Waals surface area contributed by atoms with E-state index in [4.69, 9.17) is 16.6 Å². The van der Waals surface area contributed by atoms with Crippen LogP contribution >= 0.6 is 11.6 Å². The average Bonchev–Trinajstić information content (AvgIpc) is 2.83. The molecule has 0 aliphatic carbocycles. The van der Waals surface area contributed by atoms with Gasteiger partial charge in [0.2, 0.25) is 5.91 Å². The molecule has 1 atom stereocenters. The van der Waals surface area contributed by atoms with Crippen LogP contribution in [0.3, 0.4) is 0 Å². The summed E-state index contributed by atoms with van der Waals surface area (Å²) in [5.74, 6) is 1.01. The summed E-state index contributed by atoms with van der Waals surface area (Å²) in [7, 11) is 2.15. The Labute approximate surface area is 168 Å². The monoisotopic (exact) mass is 390 g/mol. The number of amides is 1. The largest absolute Gasteiger partial charge is 0.304 e. The number of carbonyl (C=O) groups is 1. The molecule has 0 saturated carbocycles. The van der Waals surface area contributed by atoms with E-state index >= 15 is 0 Å². The van der Waals surface area contributed by atoms with Crippen molar-refractivity contribution in [3.63, 3.8) is 0 Å². The molecular formula is C21H31ClN4O. The van der Waals surface area contributed by atoms with Gasteiger partial charge in [0.05, 0.1) is 17.1 Å². The molecule has 0 aromatic heterocycles. The van der Waals surface area contributed by atoms with E-state index in [0.717, 1.165) is 57.1 Å². The number of hydrogen-bond acceptors (Lipinski definition) is 4. The lowest BCUT2D eigenvalue weighted by atomic mass is 9.85. The topological polar surface area (TPSA) is 39.1 Å². The number of aliphatic imine (C=N–C) groups is 1. The van der Waals surface area contributed by atoms with E-state index in [1.54, 1.807) is 0 Å². The first-order chi connectivity index (χ1) is 12.9. The minimum absolute atomic E-state index is 0.00577. The third-order valence-electron chi connectivity index (χ3n) is 5.68. The maximum atomic E-state index is 13.4. The first-order valence-corrected chi connectivity index (χ1v) is 10.3. The number of nitrogens with zero attached hydrogens (tertiary/aromatic N) is 4. The number of rotatable bonds is 5. The SMILES string of the molecule is CCCC/N=C1\C(N2CCN(C)CC2)C(C)(C)C(=O)N1c1ccc(Cl)cc1. The molecule has 2 fully saturated rings. The molecule has 3 rings (SSSR count). The van der Waals surface area contributed by atoms with Crippen LogP contribution in [0.5, 0.6) is 0 Å². The van der Waals surface area contributed by atoms with Gasteiger partial charge in [0.25, 0.3) is 0 Å². The molecule has 6 heteroatoms. The van der Waals surface area contributed by atoms with Crippen molar-refractivity contribution < 1.29 is 4.79 Å². The minimum atomic E-state index is -0.513. The first-order valence-electron chi connectivity index (χ1n) is 9.93. The van der Waals surface area contributed by atoms with Gasteiger partial charge in [0.15, 0.2) is 0 Å². The average molecular weight is 391 g/mol. The summed E-state index contributed by atoms with van der Waals surface area (Å²) in [6, 6.07) is 7.51. The maximum absolute atomic E-state index is 13.4. The smallest absolute Gasteiger partial charge is 0.240 e. The fourth-order valence-electron chi connectivity index (χ4n) is 4.00. The van der Waals surface area contributed by atoms with Gasteiger partial charge in [-0.05, 0) is 51.6 Å². The number of carbonyl (C=O) groups excluding carboxylic acids is 1. The van der Waals surface area contributed by atoms with Crippen molar-refractivity contribution in [2.75, 3.05) is 44.7 Å². The van der Waals surface area contributed by atoms with Gasteiger partial charge in [-0.1, -0.05) is 24.9 Å². The molecule has 148 valence electrons. The molecule has 2 aliphatic rings. The second kappa shape index (κ2) is 8.29. The molecule has 1 amide bonds. The fourth-order valence-corrected chi connectivity index (χ4v) is 4.13. The molecule has 1 aromatic carbocycles. The van der Waals surface area contributed by atoms with E-state index in [2.05, 4.69) is 37.6 Å². The van der Waals surface area contributed by atoms with E-state index in [1.807, 2.05) is 29.2 Å². The first kappa shape index (κ1) is 20.3. The van der Waals surface area contributed by atoms with Crippen molar-refractivity contribution in [2.45, 2.75) is 39.7 Å². The Morgan fingerprint density at radius 3 is 2.37 bits per heavy atom.